The first kappa shape index (κ1) is 23.0. The SMILES string of the molecule is CCOc1cc(/C=C(/C#N)c2ccc([N+](=O)[O-])cc2)cc(Br)c1OCc1ccc(C)cc1. The number of ether oxygens (including phenoxy) is 2. The monoisotopic (exact) mass is 492 g/mol. The lowest BCUT2D eigenvalue weighted by molar-refractivity contribution is -0.384. The van der Waals surface area contributed by atoms with Gasteiger partial charge in [0, 0.05) is 12.1 Å². The summed E-state index contributed by atoms with van der Waals surface area (Å²) in [5.41, 5.74) is 3.90. The number of nitriles is 1. The van der Waals surface area contributed by atoms with Gasteiger partial charge in [0.05, 0.1) is 27.6 Å². The number of non-ortho nitro benzene ring substituents is 1. The van der Waals surface area contributed by atoms with Gasteiger partial charge < -0.3 is 9.47 Å². The van der Waals surface area contributed by atoms with Gasteiger partial charge in [-0.25, -0.2) is 0 Å². The summed E-state index contributed by atoms with van der Waals surface area (Å²) >= 11 is 3.55. The smallest absolute Gasteiger partial charge is 0.269 e. The Morgan fingerprint density at radius 2 is 1.81 bits per heavy atom. The maximum absolute atomic E-state index is 10.9. The van der Waals surface area contributed by atoms with Crippen molar-refractivity contribution in [1.82, 2.24) is 0 Å². The van der Waals surface area contributed by atoms with Gasteiger partial charge in [0.25, 0.3) is 5.69 Å². The predicted octanol–water partition coefficient (Wildman–Crippen LogP) is 6.71. The van der Waals surface area contributed by atoms with Crippen LogP contribution in [-0.4, -0.2) is 11.5 Å². The second-order valence-electron chi connectivity index (χ2n) is 7.01. The molecule has 0 radical (unpaired) electrons. The zero-order valence-corrected chi connectivity index (χ0v) is 19.3. The highest BCUT2D eigenvalue weighted by molar-refractivity contribution is 9.10. The summed E-state index contributed by atoms with van der Waals surface area (Å²) < 4.78 is 12.5. The van der Waals surface area contributed by atoms with Gasteiger partial charge in [0.1, 0.15) is 6.61 Å². The second kappa shape index (κ2) is 10.6. The first-order chi connectivity index (χ1) is 15.4. The molecule has 0 fully saturated rings. The molecule has 0 N–H and O–H groups in total. The number of hydrogen-bond acceptors (Lipinski definition) is 5. The van der Waals surface area contributed by atoms with Gasteiger partial charge in [-0.2, -0.15) is 5.26 Å². The van der Waals surface area contributed by atoms with Gasteiger partial charge in [-0.3, -0.25) is 10.1 Å². The number of nitrogens with zero attached hydrogens (tertiary/aromatic N) is 2. The Bertz CT molecular complexity index is 1180. The Labute approximate surface area is 195 Å². The van der Waals surface area contributed by atoms with E-state index in [1.807, 2.05) is 50.2 Å². The van der Waals surface area contributed by atoms with Crippen LogP contribution in [0, 0.1) is 28.4 Å². The lowest BCUT2D eigenvalue weighted by Gasteiger charge is -2.15. The van der Waals surface area contributed by atoms with Crippen LogP contribution in [0.5, 0.6) is 11.5 Å². The maximum Gasteiger partial charge on any atom is 0.269 e. The number of rotatable bonds is 8. The maximum atomic E-state index is 10.9. The zero-order valence-electron chi connectivity index (χ0n) is 17.7. The second-order valence-corrected chi connectivity index (χ2v) is 7.87. The van der Waals surface area contributed by atoms with Crippen LogP contribution in [0.25, 0.3) is 11.6 Å². The highest BCUT2D eigenvalue weighted by Gasteiger charge is 2.13. The first-order valence-electron chi connectivity index (χ1n) is 9.92. The fourth-order valence-electron chi connectivity index (χ4n) is 3.02. The summed E-state index contributed by atoms with van der Waals surface area (Å²) in [6, 6.07) is 19.8. The van der Waals surface area contributed by atoms with Crippen molar-refractivity contribution >= 4 is 33.3 Å². The molecule has 6 nitrogen and oxygen atoms in total. The molecule has 0 aliphatic rings. The van der Waals surface area contributed by atoms with Gasteiger partial charge in [-0.15, -0.1) is 0 Å². The van der Waals surface area contributed by atoms with E-state index >= 15 is 0 Å². The minimum Gasteiger partial charge on any atom is -0.490 e. The number of nitro groups is 1. The molecule has 0 amide bonds. The lowest BCUT2D eigenvalue weighted by atomic mass is 10.0. The third-order valence-corrected chi connectivity index (χ3v) is 5.25. The van der Waals surface area contributed by atoms with Gasteiger partial charge in [-0.1, -0.05) is 29.8 Å². The van der Waals surface area contributed by atoms with E-state index < -0.39 is 4.92 Å². The normalized spacial score (nSPS) is 11.0. The van der Waals surface area contributed by atoms with Crippen LogP contribution in [0.4, 0.5) is 5.69 Å². The fourth-order valence-corrected chi connectivity index (χ4v) is 3.60. The minimum absolute atomic E-state index is 0.0255. The van der Waals surface area contributed by atoms with Gasteiger partial charge >= 0.3 is 0 Å². The van der Waals surface area contributed by atoms with Crippen LogP contribution in [0.15, 0.2) is 65.1 Å². The Morgan fingerprint density at radius 1 is 1.12 bits per heavy atom. The molecule has 0 heterocycles. The zero-order chi connectivity index (χ0) is 23.1. The molecule has 0 aliphatic heterocycles. The summed E-state index contributed by atoms with van der Waals surface area (Å²) in [7, 11) is 0. The van der Waals surface area contributed by atoms with Crippen LogP contribution in [0.3, 0.4) is 0 Å². The highest BCUT2D eigenvalue weighted by atomic mass is 79.9. The van der Waals surface area contributed by atoms with E-state index in [1.54, 1.807) is 18.2 Å². The summed E-state index contributed by atoms with van der Waals surface area (Å²) in [5, 5.41) is 20.5. The quantitative estimate of drug-likeness (QED) is 0.151. The van der Waals surface area contributed by atoms with Crippen molar-refractivity contribution in [1.29, 1.82) is 5.26 Å². The predicted molar refractivity (Wildman–Crippen MR) is 127 cm³/mol. The number of allylic oxidation sites excluding steroid dienone is 1. The van der Waals surface area contributed by atoms with E-state index in [-0.39, 0.29) is 5.69 Å². The molecular formula is C25H21BrN2O4. The van der Waals surface area contributed by atoms with Gasteiger partial charge in [0.2, 0.25) is 0 Å². The number of halogens is 1. The van der Waals surface area contributed by atoms with Crippen LogP contribution < -0.4 is 9.47 Å². The summed E-state index contributed by atoms with van der Waals surface area (Å²) in [6.45, 7) is 4.76. The molecule has 3 aromatic carbocycles. The molecule has 0 atom stereocenters. The van der Waals surface area contributed by atoms with E-state index in [1.165, 1.54) is 17.7 Å². The van der Waals surface area contributed by atoms with Crippen molar-refractivity contribution in [3.8, 4) is 17.6 Å². The number of benzene rings is 3. The number of aryl methyl sites for hydroxylation is 1. The van der Waals surface area contributed by atoms with Gasteiger partial charge in [0.15, 0.2) is 11.5 Å². The molecule has 3 rings (SSSR count). The van der Waals surface area contributed by atoms with E-state index in [0.717, 1.165) is 11.1 Å². The lowest BCUT2D eigenvalue weighted by Crippen LogP contribution is -2.01. The van der Waals surface area contributed by atoms with Crippen molar-refractivity contribution in [2.24, 2.45) is 0 Å². The Kier molecular flexibility index (Phi) is 7.63. The summed E-state index contributed by atoms with van der Waals surface area (Å²) in [5.74, 6) is 1.14. The molecule has 0 saturated carbocycles. The number of nitro benzene ring substituents is 1. The largest absolute Gasteiger partial charge is 0.490 e. The van der Waals surface area contributed by atoms with Crippen LogP contribution in [-0.2, 0) is 6.61 Å². The fraction of sp³-hybridized carbons (Fsp3) is 0.160. The van der Waals surface area contributed by atoms with E-state index in [9.17, 15) is 15.4 Å². The molecule has 0 aliphatic carbocycles. The van der Waals surface area contributed by atoms with Crippen molar-refractivity contribution in [2.45, 2.75) is 20.5 Å². The van der Waals surface area contributed by atoms with Gasteiger partial charge in [-0.05, 0) is 76.8 Å². The molecule has 0 spiro atoms. The van der Waals surface area contributed by atoms with Crippen LogP contribution in [0.2, 0.25) is 0 Å². The van der Waals surface area contributed by atoms with E-state index in [4.69, 9.17) is 9.47 Å². The average Bonchev–Trinajstić information content (AvgIpc) is 2.78. The molecule has 32 heavy (non-hydrogen) atoms. The topological polar surface area (TPSA) is 85.4 Å². The van der Waals surface area contributed by atoms with E-state index in [0.29, 0.717) is 40.3 Å². The summed E-state index contributed by atoms with van der Waals surface area (Å²) in [6.07, 6.45) is 1.71. The minimum atomic E-state index is -0.472. The molecule has 0 saturated heterocycles. The average molecular weight is 493 g/mol. The standard InChI is InChI=1S/C25H21BrN2O4/c1-3-31-24-14-19(12-21(15-27)20-8-10-22(11-9-20)28(29)30)13-23(26)25(24)32-16-18-6-4-17(2)5-7-18/h4-14H,3,16H2,1-2H3/b21-12-. The Balaban J connectivity index is 1.90. The van der Waals surface area contributed by atoms with Crippen molar-refractivity contribution in [3.63, 3.8) is 0 Å². The third kappa shape index (κ3) is 5.74. The molecule has 0 unspecified atom stereocenters. The summed E-state index contributed by atoms with van der Waals surface area (Å²) in [4.78, 5) is 10.4. The Morgan fingerprint density at radius 3 is 2.41 bits per heavy atom. The Hall–Kier alpha value is -3.63. The number of hydrogen-bond donors (Lipinski definition) is 0. The third-order valence-electron chi connectivity index (χ3n) is 4.66. The molecule has 3 aromatic rings. The van der Waals surface area contributed by atoms with Crippen molar-refractivity contribution < 1.29 is 14.4 Å². The highest BCUT2D eigenvalue weighted by Crippen LogP contribution is 2.38. The molecular weight excluding hydrogens is 472 g/mol. The van der Waals surface area contributed by atoms with Crippen molar-refractivity contribution in [2.75, 3.05) is 6.61 Å². The molecule has 162 valence electrons. The molecule has 0 aromatic heterocycles. The van der Waals surface area contributed by atoms with Crippen LogP contribution >= 0.6 is 15.9 Å². The molecule has 7 heteroatoms. The van der Waals surface area contributed by atoms with Crippen molar-refractivity contribution in [3.05, 3.63) is 97.5 Å². The van der Waals surface area contributed by atoms with E-state index in [2.05, 4.69) is 22.0 Å². The molecule has 0 bridgehead atoms. The van der Waals surface area contributed by atoms with Crippen LogP contribution in [0.1, 0.15) is 29.2 Å². The first-order valence-corrected chi connectivity index (χ1v) is 10.7.